The van der Waals surface area contributed by atoms with Gasteiger partial charge in [-0.25, -0.2) is 9.97 Å². The van der Waals surface area contributed by atoms with Crippen molar-refractivity contribution in [3.05, 3.63) is 42.5 Å². The van der Waals surface area contributed by atoms with E-state index in [0.29, 0.717) is 18.5 Å². The lowest BCUT2D eigenvalue weighted by atomic mass is 9.93. The predicted octanol–water partition coefficient (Wildman–Crippen LogP) is 0.864. The minimum absolute atomic E-state index is 0.231. The van der Waals surface area contributed by atoms with Crippen molar-refractivity contribution in [3.8, 4) is 17.5 Å². The molecule has 25 heavy (non-hydrogen) atoms. The standard InChI is InChI=1S/C18H18N6O/c19-17-22-12-13-3-10-24(16(13)23-17)15-2-7-21-14(11-15)1-4-18(25)5-8-20-9-6-18/h2-3,7,10-12,20,25H,5-6,8-9H2,(H2,19,22,23). The smallest absolute Gasteiger partial charge is 0.221 e. The number of fused-ring (bicyclic) bond motifs is 1. The fraction of sp³-hybridized carbons (Fsp3) is 0.278. The average Bonchev–Trinajstić information content (AvgIpc) is 3.04. The zero-order valence-corrected chi connectivity index (χ0v) is 13.6. The van der Waals surface area contributed by atoms with Crippen LogP contribution in [0.3, 0.4) is 0 Å². The maximum atomic E-state index is 10.5. The van der Waals surface area contributed by atoms with Crippen LogP contribution in [0.5, 0.6) is 0 Å². The zero-order chi connectivity index (χ0) is 17.3. The fourth-order valence-electron chi connectivity index (χ4n) is 2.92. The molecule has 0 atom stereocenters. The Morgan fingerprint density at radius 2 is 2.08 bits per heavy atom. The number of hydrogen-bond acceptors (Lipinski definition) is 6. The molecule has 7 nitrogen and oxygen atoms in total. The summed E-state index contributed by atoms with van der Waals surface area (Å²) in [4.78, 5) is 12.6. The maximum absolute atomic E-state index is 10.5. The van der Waals surface area contributed by atoms with E-state index in [-0.39, 0.29) is 5.95 Å². The van der Waals surface area contributed by atoms with Crippen molar-refractivity contribution < 1.29 is 5.11 Å². The molecule has 0 bridgehead atoms. The highest BCUT2D eigenvalue weighted by atomic mass is 16.3. The molecule has 0 unspecified atom stereocenters. The number of rotatable bonds is 1. The normalized spacial score (nSPS) is 16.4. The van der Waals surface area contributed by atoms with Gasteiger partial charge in [0.1, 0.15) is 16.9 Å². The van der Waals surface area contributed by atoms with E-state index in [1.54, 1.807) is 12.4 Å². The third-order valence-electron chi connectivity index (χ3n) is 4.32. The Labute approximate surface area is 144 Å². The minimum atomic E-state index is -0.940. The quantitative estimate of drug-likeness (QED) is 0.571. The van der Waals surface area contributed by atoms with Crippen LogP contribution in [0.4, 0.5) is 5.95 Å². The second-order valence-electron chi connectivity index (χ2n) is 6.12. The van der Waals surface area contributed by atoms with E-state index >= 15 is 0 Å². The molecular weight excluding hydrogens is 316 g/mol. The van der Waals surface area contributed by atoms with Gasteiger partial charge >= 0.3 is 0 Å². The average molecular weight is 334 g/mol. The van der Waals surface area contributed by atoms with Crippen LogP contribution in [0.15, 0.2) is 36.8 Å². The van der Waals surface area contributed by atoms with Crippen LogP contribution in [-0.4, -0.2) is 43.3 Å². The van der Waals surface area contributed by atoms with Gasteiger partial charge in [0.15, 0.2) is 0 Å². The van der Waals surface area contributed by atoms with Gasteiger partial charge in [0.05, 0.1) is 5.69 Å². The number of piperidine rings is 1. The van der Waals surface area contributed by atoms with Crippen molar-refractivity contribution >= 4 is 17.0 Å². The van der Waals surface area contributed by atoms with Gasteiger partial charge in [-0.3, -0.25) is 0 Å². The van der Waals surface area contributed by atoms with Gasteiger partial charge in [-0.15, -0.1) is 0 Å². The Bertz CT molecular complexity index is 978. The van der Waals surface area contributed by atoms with E-state index in [9.17, 15) is 5.11 Å². The van der Waals surface area contributed by atoms with Crippen molar-refractivity contribution in [2.75, 3.05) is 18.8 Å². The number of anilines is 1. The number of aromatic nitrogens is 4. The Balaban J connectivity index is 1.69. The summed E-state index contributed by atoms with van der Waals surface area (Å²) in [6.07, 6.45) is 6.55. The van der Waals surface area contributed by atoms with Gasteiger partial charge in [-0.2, -0.15) is 4.98 Å². The lowest BCUT2D eigenvalue weighted by molar-refractivity contribution is 0.0679. The minimum Gasteiger partial charge on any atom is -0.377 e. The Hall–Kier alpha value is -2.95. The van der Waals surface area contributed by atoms with E-state index in [1.165, 1.54) is 0 Å². The lowest BCUT2D eigenvalue weighted by Gasteiger charge is -2.27. The van der Waals surface area contributed by atoms with Gasteiger partial charge in [0, 0.05) is 24.0 Å². The van der Waals surface area contributed by atoms with Crippen molar-refractivity contribution in [1.82, 2.24) is 24.8 Å². The van der Waals surface area contributed by atoms with E-state index in [1.807, 2.05) is 29.0 Å². The number of nitrogens with two attached hydrogens (primary N) is 1. The molecule has 3 aromatic heterocycles. The summed E-state index contributed by atoms with van der Waals surface area (Å²) in [5, 5.41) is 14.6. The van der Waals surface area contributed by atoms with Crippen LogP contribution in [0.1, 0.15) is 18.5 Å². The predicted molar refractivity (Wildman–Crippen MR) is 95.0 cm³/mol. The molecule has 0 aromatic carbocycles. The third-order valence-corrected chi connectivity index (χ3v) is 4.32. The number of nitrogen functional groups attached to an aromatic ring is 1. The summed E-state index contributed by atoms with van der Waals surface area (Å²) >= 11 is 0. The Morgan fingerprint density at radius 1 is 1.24 bits per heavy atom. The second-order valence-corrected chi connectivity index (χ2v) is 6.12. The van der Waals surface area contributed by atoms with E-state index in [0.717, 1.165) is 29.8 Å². The summed E-state index contributed by atoms with van der Waals surface area (Å²) in [7, 11) is 0. The molecule has 4 rings (SSSR count). The second kappa shape index (κ2) is 6.16. The fourth-order valence-corrected chi connectivity index (χ4v) is 2.92. The van der Waals surface area contributed by atoms with Gasteiger partial charge in [-0.05, 0) is 50.1 Å². The highest BCUT2D eigenvalue weighted by Gasteiger charge is 2.26. The van der Waals surface area contributed by atoms with Crippen LogP contribution in [0.2, 0.25) is 0 Å². The highest BCUT2D eigenvalue weighted by molar-refractivity contribution is 5.78. The first-order chi connectivity index (χ1) is 12.1. The molecule has 0 radical (unpaired) electrons. The van der Waals surface area contributed by atoms with Crippen molar-refractivity contribution in [1.29, 1.82) is 0 Å². The number of pyridine rings is 1. The number of aliphatic hydroxyl groups is 1. The summed E-state index contributed by atoms with van der Waals surface area (Å²) in [6.45, 7) is 1.55. The van der Waals surface area contributed by atoms with Gasteiger partial charge < -0.3 is 20.7 Å². The molecule has 1 saturated heterocycles. The van der Waals surface area contributed by atoms with E-state index in [2.05, 4.69) is 32.1 Å². The first-order valence-corrected chi connectivity index (χ1v) is 8.15. The third kappa shape index (κ3) is 3.18. The van der Waals surface area contributed by atoms with E-state index in [4.69, 9.17) is 5.73 Å². The molecule has 1 aliphatic heterocycles. The van der Waals surface area contributed by atoms with Gasteiger partial charge in [0.2, 0.25) is 5.95 Å². The molecule has 0 saturated carbocycles. The molecule has 4 N–H and O–H groups in total. The molecular formula is C18H18N6O. The zero-order valence-electron chi connectivity index (χ0n) is 13.6. The molecule has 0 spiro atoms. The Kier molecular flexibility index (Phi) is 3.84. The topological polar surface area (TPSA) is 102 Å². The molecule has 3 aromatic rings. The van der Waals surface area contributed by atoms with Crippen LogP contribution in [0.25, 0.3) is 16.7 Å². The van der Waals surface area contributed by atoms with Crippen LogP contribution >= 0.6 is 0 Å². The first kappa shape index (κ1) is 15.6. The van der Waals surface area contributed by atoms with Crippen molar-refractivity contribution in [2.24, 2.45) is 0 Å². The Morgan fingerprint density at radius 3 is 2.92 bits per heavy atom. The van der Waals surface area contributed by atoms with E-state index < -0.39 is 5.60 Å². The first-order valence-electron chi connectivity index (χ1n) is 8.15. The highest BCUT2D eigenvalue weighted by Crippen LogP contribution is 2.20. The summed E-state index contributed by atoms with van der Waals surface area (Å²) < 4.78 is 1.92. The molecule has 7 heteroatoms. The molecule has 4 heterocycles. The summed E-state index contributed by atoms with van der Waals surface area (Å²) in [5.41, 5.74) is 6.98. The van der Waals surface area contributed by atoms with Crippen molar-refractivity contribution in [3.63, 3.8) is 0 Å². The van der Waals surface area contributed by atoms with Gasteiger partial charge in [0.25, 0.3) is 0 Å². The SMILES string of the molecule is Nc1ncc2ccn(-c3ccnc(C#CC4(O)CCNCC4)c3)c2n1. The molecule has 126 valence electrons. The lowest BCUT2D eigenvalue weighted by Crippen LogP contribution is -2.40. The van der Waals surface area contributed by atoms with Crippen LogP contribution in [0, 0.1) is 11.8 Å². The van der Waals surface area contributed by atoms with Gasteiger partial charge in [-0.1, -0.05) is 5.92 Å². The molecule has 0 aliphatic carbocycles. The number of nitrogens with zero attached hydrogens (tertiary/aromatic N) is 4. The number of hydrogen-bond donors (Lipinski definition) is 3. The van der Waals surface area contributed by atoms with Crippen molar-refractivity contribution in [2.45, 2.75) is 18.4 Å². The molecule has 1 fully saturated rings. The largest absolute Gasteiger partial charge is 0.377 e. The molecule has 1 aliphatic rings. The summed E-state index contributed by atoms with van der Waals surface area (Å²) in [6, 6.07) is 5.68. The maximum Gasteiger partial charge on any atom is 0.221 e. The summed E-state index contributed by atoms with van der Waals surface area (Å²) in [5.74, 6) is 6.22. The number of nitrogens with one attached hydrogen (secondary N) is 1. The van der Waals surface area contributed by atoms with Crippen LogP contribution < -0.4 is 11.1 Å². The monoisotopic (exact) mass is 334 g/mol. The van der Waals surface area contributed by atoms with Crippen LogP contribution in [-0.2, 0) is 0 Å². The molecule has 0 amide bonds.